The Hall–Kier alpha value is -0.700. The molecule has 1 aromatic rings. The lowest BCUT2D eigenvalue weighted by atomic mass is 10.1. The average molecular weight is 208 g/mol. The molecule has 0 spiro atoms. The fourth-order valence-electron chi connectivity index (χ4n) is 1.03. The molecule has 0 aliphatic rings. The van der Waals surface area contributed by atoms with Gasteiger partial charge in [-0.15, -0.1) is 0 Å². The Morgan fingerprint density at radius 3 is 2.38 bits per heavy atom. The largest absolute Gasteiger partial charge is 0.416 e. The maximum atomic E-state index is 12.3. The maximum Gasteiger partial charge on any atom is 0.416 e. The van der Waals surface area contributed by atoms with Crippen molar-refractivity contribution in [1.29, 1.82) is 0 Å². The second-order valence-corrected chi connectivity index (χ2v) is 2.99. The van der Waals surface area contributed by atoms with E-state index < -0.39 is 11.7 Å². The highest BCUT2D eigenvalue weighted by molar-refractivity contribution is 6.30. The Morgan fingerprint density at radius 2 is 1.92 bits per heavy atom. The minimum atomic E-state index is -4.35. The molecule has 4 heteroatoms. The van der Waals surface area contributed by atoms with Gasteiger partial charge >= 0.3 is 6.18 Å². The molecule has 0 saturated carbocycles. The molecule has 1 rings (SSSR count). The Kier molecular flexibility index (Phi) is 2.86. The molecule has 0 aromatic heterocycles. The number of rotatable bonds is 1. The highest BCUT2D eigenvalue weighted by Crippen LogP contribution is 2.33. The summed E-state index contributed by atoms with van der Waals surface area (Å²) in [7, 11) is 0. The minimum Gasteiger partial charge on any atom is -0.166 e. The summed E-state index contributed by atoms with van der Waals surface area (Å²) in [6.07, 6.45) is -4.25. The van der Waals surface area contributed by atoms with Crippen LogP contribution in [-0.2, 0) is 12.6 Å². The van der Waals surface area contributed by atoms with Crippen molar-refractivity contribution in [2.75, 3.05) is 0 Å². The van der Waals surface area contributed by atoms with Gasteiger partial charge in [0, 0.05) is 5.02 Å². The molecule has 0 unspecified atom stereocenters. The van der Waals surface area contributed by atoms with Crippen molar-refractivity contribution in [2.45, 2.75) is 12.6 Å². The number of benzene rings is 1. The lowest BCUT2D eigenvalue weighted by Crippen LogP contribution is -2.08. The predicted octanol–water partition coefficient (Wildman–Crippen LogP) is 3.74. The van der Waals surface area contributed by atoms with Crippen LogP contribution in [0.5, 0.6) is 0 Å². The van der Waals surface area contributed by atoms with E-state index in [1.165, 1.54) is 12.1 Å². The van der Waals surface area contributed by atoms with Crippen molar-refractivity contribution in [3.05, 3.63) is 41.3 Å². The van der Waals surface area contributed by atoms with E-state index in [0.29, 0.717) is 0 Å². The van der Waals surface area contributed by atoms with Crippen molar-refractivity contribution in [3.63, 3.8) is 0 Å². The van der Waals surface area contributed by atoms with E-state index >= 15 is 0 Å². The van der Waals surface area contributed by atoms with Crippen LogP contribution in [0.1, 0.15) is 11.1 Å². The minimum absolute atomic E-state index is 0.0875. The molecule has 0 heterocycles. The van der Waals surface area contributed by atoms with Gasteiger partial charge in [0.05, 0.1) is 5.56 Å². The normalized spacial score (nSPS) is 11.8. The summed E-state index contributed by atoms with van der Waals surface area (Å²) in [5, 5.41) is 0.0875. The van der Waals surface area contributed by atoms with Crippen molar-refractivity contribution in [1.82, 2.24) is 0 Å². The zero-order valence-electron chi connectivity index (χ0n) is 6.66. The van der Waals surface area contributed by atoms with Gasteiger partial charge in [0.1, 0.15) is 0 Å². The van der Waals surface area contributed by atoms with Gasteiger partial charge in [0.25, 0.3) is 0 Å². The molecule has 71 valence electrons. The molecule has 0 bridgehead atoms. The van der Waals surface area contributed by atoms with Gasteiger partial charge in [-0.1, -0.05) is 17.7 Å². The first kappa shape index (κ1) is 10.4. The van der Waals surface area contributed by atoms with E-state index in [9.17, 15) is 13.2 Å². The zero-order valence-corrected chi connectivity index (χ0v) is 7.41. The third-order valence-corrected chi connectivity index (χ3v) is 1.88. The Morgan fingerprint density at radius 1 is 1.31 bits per heavy atom. The zero-order chi connectivity index (χ0) is 10.1. The number of hydrogen-bond acceptors (Lipinski definition) is 0. The summed E-state index contributed by atoms with van der Waals surface area (Å²) in [5.74, 6) is 0. The number of alkyl halides is 3. The summed E-state index contributed by atoms with van der Waals surface area (Å²) in [4.78, 5) is 0. The third kappa shape index (κ3) is 2.37. The fraction of sp³-hybridized carbons (Fsp3) is 0.222. The van der Waals surface area contributed by atoms with Crippen LogP contribution in [0.4, 0.5) is 13.2 Å². The van der Waals surface area contributed by atoms with E-state index in [1.807, 2.05) is 0 Å². The second kappa shape index (κ2) is 3.58. The van der Waals surface area contributed by atoms with Gasteiger partial charge < -0.3 is 0 Å². The van der Waals surface area contributed by atoms with Crippen LogP contribution in [0.3, 0.4) is 0 Å². The molecule has 0 saturated heterocycles. The van der Waals surface area contributed by atoms with E-state index in [1.54, 1.807) is 0 Å². The summed E-state index contributed by atoms with van der Waals surface area (Å²) >= 11 is 5.46. The van der Waals surface area contributed by atoms with Crippen LogP contribution in [0.15, 0.2) is 18.2 Å². The van der Waals surface area contributed by atoms with Crippen molar-refractivity contribution >= 4 is 11.6 Å². The van der Waals surface area contributed by atoms with Gasteiger partial charge in [-0.05, 0) is 31.0 Å². The van der Waals surface area contributed by atoms with Gasteiger partial charge in [0.2, 0.25) is 0 Å². The summed E-state index contributed by atoms with van der Waals surface area (Å²) < 4.78 is 37.0. The second-order valence-electron chi connectivity index (χ2n) is 2.55. The highest BCUT2D eigenvalue weighted by atomic mass is 35.5. The van der Waals surface area contributed by atoms with Gasteiger partial charge in [-0.3, -0.25) is 0 Å². The standard InChI is InChI=1S/C9H7ClF3/c1-2-6-3-4-7(10)5-8(6)9(11,12)13/h3-5H,1-2H2. The summed E-state index contributed by atoms with van der Waals surface area (Å²) in [5.41, 5.74) is -0.535. The molecule has 13 heavy (non-hydrogen) atoms. The maximum absolute atomic E-state index is 12.3. The first-order chi connectivity index (χ1) is 5.95. The third-order valence-electron chi connectivity index (χ3n) is 1.65. The van der Waals surface area contributed by atoms with Crippen LogP contribution < -0.4 is 0 Å². The molecule has 0 amide bonds. The molecule has 0 N–H and O–H groups in total. The summed E-state index contributed by atoms with van der Waals surface area (Å²) in [6.45, 7) is 3.42. The number of halogens is 4. The monoisotopic (exact) mass is 207 g/mol. The lowest BCUT2D eigenvalue weighted by molar-refractivity contribution is -0.138. The Balaban J connectivity index is 3.24. The molecule has 0 nitrogen and oxygen atoms in total. The van der Waals surface area contributed by atoms with E-state index in [4.69, 9.17) is 11.6 Å². The molecule has 0 aliphatic carbocycles. The van der Waals surface area contributed by atoms with E-state index in [0.717, 1.165) is 6.07 Å². The molecule has 1 radical (unpaired) electrons. The van der Waals surface area contributed by atoms with Crippen molar-refractivity contribution in [3.8, 4) is 0 Å². The molecular formula is C9H7ClF3. The molecule has 0 aliphatic heterocycles. The van der Waals surface area contributed by atoms with Gasteiger partial charge in [-0.25, -0.2) is 0 Å². The lowest BCUT2D eigenvalue weighted by Gasteiger charge is -2.11. The quantitative estimate of drug-likeness (QED) is 0.658. The van der Waals surface area contributed by atoms with Crippen LogP contribution in [0.25, 0.3) is 0 Å². The molecular weight excluding hydrogens is 201 g/mol. The number of hydrogen-bond donors (Lipinski definition) is 0. The van der Waals surface area contributed by atoms with E-state index in [-0.39, 0.29) is 17.0 Å². The fourth-order valence-corrected chi connectivity index (χ4v) is 1.20. The first-order valence-corrected chi connectivity index (χ1v) is 3.98. The van der Waals surface area contributed by atoms with Crippen LogP contribution >= 0.6 is 11.6 Å². The first-order valence-electron chi connectivity index (χ1n) is 3.60. The van der Waals surface area contributed by atoms with Crippen LogP contribution in [0.2, 0.25) is 5.02 Å². The van der Waals surface area contributed by atoms with E-state index in [2.05, 4.69) is 6.92 Å². The Labute approximate surface area is 79.3 Å². The van der Waals surface area contributed by atoms with Gasteiger partial charge in [-0.2, -0.15) is 13.2 Å². The Bertz CT molecular complexity index is 304. The molecule has 1 aromatic carbocycles. The predicted molar refractivity (Wildman–Crippen MR) is 45.5 cm³/mol. The molecule has 0 atom stereocenters. The van der Waals surface area contributed by atoms with Crippen molar-refractivity contribution < 1.29 is 13.2 Å². The average Bonchev–Trinajstić information content (AvgIpc) is 2.03. The summed E-state index contributed by atoms with van der Waals surface area (Å²) in [6, 6.07) is 3.69. The van der Waals surface area contributed by atoms with Crippen LogP contribution in [-0.4, -0.2) is 0 Å². The van der Waals surface area contributed by atoms with Crippen molar-refractivity contribution in [2.24, 2.45) is 0 Å². The topological polar surface area (TPSA) is 0 Å². The van der Waals surface area contributed by atoms with Gasteiger partial charge in [0.15, 0.2) is 0 Å². The van der Waals surface area contributed by atoms with Crippen LogP contribution in [0, 0.1) is 6.92 Å². The smallest absolute Gasteiger partial charge is 0.166 e. The SMILES string of the molecule is [CH2]Cc1ccc(Cl)cc1C(F)(F)F. The highest BCUT2D eigenvalue weighted by Gasteiger charge is 2.32. The molecule has 0 fully saturated rings.